The standard InChI is InChI=1S/C31H31N2.C13H12.C2H6/c1-4-6-7-14-30(33(3)31-15-10-12-24-11-8-9-13-29(24)31)28-19-18-26-20-25(23(5-2)22-32)16-17-27(26)21-28;1-11-6-5-9-13(10-11)12-7-3-2-4-8-12;1-2/h4-15,18-22,32H,16-17H2,1-3H3;2-10H,1H3;1-2H3/q+1;;/b6-4-,14-7-,23-5+,32-22?,33-30?;;. The maximum atomic E-state index is 7.68. The van der Waals surface area contributed by atoms with Crippen LogP contribution in [0.25, 0.3) is 28.0 Å². The molecule has 5 aromatic carbocycles. The molecule has 48 heavy (non-hydrogen) atoms. The van der Waals surface area contributed by atoms with Gasteiger partial charge < -0.3 is 5.41 Å². The van der Waals surface area contributed by atoms with Crippen molar-refractivity contribution in [1.29, 1.82) is 5.41 Å². The molecule has 242 valence electrons. The number of hydrogen-bond acceptors (Lipinski definition) is 1. The molecule has 0 amide bonds. The van der Waals surface area contributed by atoms with Crippen molar-refractivity contribution in [3.63, 3.8) is 0 Å². The zero-order valence-electron chi connectivity index (χ0n) is 29.4. The quantitative estimate of drug-likeness (QED) is 0.105. The van der Waals surface area contributed by atoms with Crippen LogP contribution in [0.15, 0.2) is 157 Å². The van der Waals surface area contributed by atoms with E-state index >= 15 is 0 Å². The Morgan fingerprint density at radius 2 is 1.44 bits per heavy atom. The molecule has 0 saturated heterocycles. The Morgan fingerprint density at radius 1 is 0.729 bits per heavy atom. The molecule has 0 heterocycles. The summed E-state index contributed by atoms with van der Waals surface area (Å²) >= 11 is 0. The first kappa shape index (κ1) is 35.5. The van der Waals surface area contributed by atoms with Crippen molar-refractivity contribution >= 4 is 34.5 Å². The van der Waals surface area contributed by atoms with Crippen LogP contribution in [0.4, 0.5) is 5.69 Å². The smallest absolute Gasteiger partial charge is 0.213 e. The largest absolute Gasteiger partial charge is 0.308 e. The van der Waals surface area contributed by atoms with Crippen molar-refractivity contribution in [2.45, 2.75) is 47.5 Å². The molecule has 0 saturated carbocycles. The Labute approximate surface area is 288 Å². The lowest BCUT2D eigenvalue weighted by atomic mass is 9.87. The molecule has 1 aliphatic rings. The van der Waals surface area contributed by atoms with E-state index in [0.717, 1.165) is 24.1 Å². The SMILES string of the molecule is C/C=C\C=C/C(c1ccc2c(c1)CCC(/C(C=N)=C/C)=C2)=[N+](C)c1cccc2ccccc12.CC.Cc1cccc(-c2ccccc2)c1. The average molecular weight is 630 g/mol. The van der Waals surface area contributed by atoms with E-state index in [1.165, 1.54) is 61.6 Å². The first-order chi connectivity index (χ1) is 23.5. The Morgan fingerprint density at radius 3 is 2.17 bits per heavy atom. The zero-order valence-corrected chi connectivity index (χ0v) is 29.4. The maximum Gasteiger partial charge on any atom is 0.213 e. The molecule has 0 radical (unpaired) electrons. The molecule has 5 aromatic rings. The summed E-state index contributed by atoms with van der Waals surface area (Å²) in [6.45, 7) is 10.2. The van der Waals surface area contributed by atoms with Gasteiger partial charge in [-0.15, -0.1) is 0 Å². The van der Waals surface area contributed by atoms with Gasteiger partial charge in [-0.3, -0.25) is 0 Å². The van der Waals surface area contributed by atoms with E-state index in [2.05, 4.69) is 152 Å². The molecule has 0 aromatic heterocycles. The molecule has 6 rings (SSSR count). The second kappa shape index (κ2) is 18.1. The molecule has 0 unspecified atom stereocenters. The van der Waals surface area contributed by atoms with Gasteiger partial charge in [-0.2, -0.15) is 4.58 Å². The fraction of sp³-hybridized carbons (Fsp3) is 0.174. The van der Waals surface area contributed by atoms with Gasteiger partial charge in [-0.25, -0.2) is 0 Å². The lowest BCUT2D eigenvalue weighted by molar-refractivity contribution is -0.401. The van der Waals surface area contributed by atoms with Gasteiger partial charge in [0.2, 0.25) is 11.4 Å². The van der Waals surface area contributed by atoms with Gasteiger partial charge in [0.1, 0.15) is 7.05 Å². The molecule has 0 spiro atoms. The van der Waals surface area contributed by atoms with Gasteiger partial charge in [0.25, 0.3) is 0 Å². The number of hydrogen-bond donors (Lipinski definition) is 1. The summed E-state index contributed by atoms with van der Waals surface area (Å²) in [7, 11) is 2.15. The highest BCUT2D eigenvalue weighted by Crippen LogP contribution is 2.30. The Hall–Kier alpha value is -5.34. The van der Waals surface area contributed by atoms with Crippen molar-refractivity contribution in [1.82, 2.24) is 0 Å². The zero-order chi connectivity index (χ0) is 34.3. The third-order valence-electron chi connectivity index (χ3n) is 8.44. The summed E-state index contributed by atoms with van der Waals surface area (Å²) in [6.07, 6.45) is 16.1. The fourth-order valence-electron chi connectivity index (χ4n) is 5.99. The van der Waals surface area contributed by atoms with Gasteiger partial charge in [-0.05, 0) is 90.6 Å². The molecule has 0 aliphatic heterocycles. The third-order valence-corrected chi connectivity index (χ3v) is 8.44. The van der Waals surface area contributed by atoms with E-state index in [9.17, 15) is 0 Å². The summed E-state index contributed by atoms with van der Waals surface area (Å²) < 4.78 is 2.29. The van der Waals surface area contributed by atoms with Crippen LogP contribution >= 0.6 is 0 Å². The van der Waals surface area contributed by atoms with Crippen molar-refractivity contribution < 1.29 is 4.58 Å². The lowest BCUT2D eigenvalue weighted by Gasteiger charge is -2.18. The van der Waals surface area contributed by atoms with Crippen LogP contribution in [0.2, 0.25) is 0 Å². The first-order valence-corrected chi connectivity index (χ1v) is 17.0. The van der Waals surface area contributed by atoms with E-state index in [1.807, 2.05) is 45.9 Å². The number of nitrogens with one attached hydrogen (secondary N) is 1. The molecule has 0 fully saturated rings. The minimum absolute atomic E-state index is 0.967. The highest BCUT2D eigenvalue weighted by Gasteiger charge is 2.19. The number of benzene rings is 5. The molecular weight excluding hydrogens is 581 g/mol. The lowest BCUT2D eigenvalue weighted by Crippen LogP contribution is -2.14. The molecule has 1 N–H and O–H groups in total. The van der Waals surface area contributed by atoms with Gasteiger partial charge in [0, 0.05) is 23.9 Å². The van der Waals surface area contributed by atoms with Crippen LogP contribution in [0.3, 0.4) is 0 Å². The second-order valence-corrected chi connectivity index (χ2v) is 11.5. The molecular formula is C46H49N2+. The van der Waals surface area contributed by atoms with Gasteiger partial charge in [0.15, 0.2) is 0 Å². The van der Waals surface area contributed by atoms with Gasteiger partial charge in [0.05, 0.1) is 5.39 Å². The Bertz CT molecular complexity index is 1980. The van der Waals surface area contributed by atoms with E-state index in [0.29, 0.717) is 0 Å². The first-order valence-electron chi connectivity index (χ1n) is 17.0. The van der Waals surface area contributed by atoms with Crippen LogP contribution in [0.5, 0.6) is 0 Å². The van der Waals surface area contributed by atoms with Gasteiger partial charge in [-0.1, -0.05) is 141 Å². The highest BCUT2D eigenvalue weighted by molar-refractivity contribution is 6.07. The molecule has 0 bridgehead atoms. The van der Waals surface area contributed by atoms with E-state index in [4.69, 9.17) is 5.41 Å². The van der Waals surface area contributed by atoms with Crippen LogP contribution in [-0.4, -0.2) is 23.5 Å². The van der Waals surface area contributed by atoms with Crippen molar-refractivity contribution in [2.75, 3.05) is 7.05 Å². The van der Waals surface area contributed by atoms with E-state index in [1.54, 1.807) is 0 Å². The Balaban J connectivity index is 0.000000288. The second-order valence-electron chi connectivity index (χ2n) is 11.5. The summed E-state index contributed by atoms with van der Waals surface area (Å²) in [5.41, 5.74) is 12.3. The van der Waals surface area contributed by atoms with Gasteiger partial charge >= 0.3 is 0 Å². The normalized spacial score (nSPS) is 13.1. The summed E-state index contributed by atoms with van der Waals surface area (Å²) in [5.74, 6) is 0. The van der Waals surface area contributed by atoms with Crippen LogP contribution in [0.1, 0.15) is 56.4 Å². The predicted octanol–water partition coefficient (Wildman–Crippen LogP) is 12.3. The Kier molecular flexibility index (Phi) is 13.4. The van der Waals surface area contributed by atoms with Crippen molar-refractivity contribution in [3.8, 4) is 11.1 Å². The summed E-state index contributed by atoms with van der Waals surface area (Å²) in [6, 6.07) is 40.8. The average Bonchev–Trinajstić information content (AvgIpc) is 3.15. The third kappa shape index (κ3) is 8.92. The highest BCUT2D eigenvalue weighted by atomic mass is 15.0. The number of rotatable bonds is 7. The molecule has 1 aliphatic carbocycles. The van der Waals surface area contributed by atoms with E-state index in [-0.39, 0.29) is 0 Å². The minimum atomic E-state index is 0.967. The minimum Gasteiger partial charge on any atom is -0.308 e. The van der Waals surface area contributed by atoms with Crippen LogP contribution in [0, 0.1) is 12.3 Å². The molecule has 2 heteroatoms. The summed E-state index contributed by atoms with van der Waals surface area (Å²) in [5, 5.41) is 10.2. The van der Waals surface area contributed by atoms with Crippen LogP contribution < -0.4 is 0 Å². The predicted molar refractivity (Wildman–Crippen MR) is 211 cm³/mol. The molecule has 2 nitrogen and oxygen atoms in total. The van der Waals surface area contributed by atoms with Crippen LogP contribution in [-0.2, 0) is 6.42 Å². The number of fused-ring (bicyclic) bond motifs is 2. The monoisotopic (exact) mass is 629 g/mol. The van der Waals surface area contributed by atoms with E-state index < -0.39 is 0 Å². The number of aryl methyl sites for hydroxylation is 2. The maximum absolute atomic E-state index is 7.68. The van der Waals surface area contributed by atoms with Crippen molar-refractivity contribution in [2.24, 2.45) is 0 Å². The molecule has 0 atom stereocenters. The topological polar surface area (TPSA) is 26.9 Å². The van der Waals surface area contributed by atoms with Crippen molar-refractivity contribution in [3.05, 3.63) is 179 Å². The fourth-order valence-corrected chi connectivity index (χ4v) is 5.99. The number of allylic oxidation sites excluding steroid dienone is 7. The summed E-state index contributed by atoms with van der Waals surface area (Å²) in [4.78, 5) is 0. The number of nitrogens with zero attached hydrogens (tertiary/aromatic N) is 1.